The van der Waals surface area contributed by atoms with Crippen LogP contribution in [0.5, 0.6) is 0 Å². The van der Waals surface area contributed by atoms with Gasteiger partial charge >= 0.3 is 291 Å². The number of pyridine rings is 2. The van der Waals surface area contributed by atoms with Crippen LogP contribution in [0.25, 0.3) is 45.6 Å². The van der Waals surface area contributed by atoms with Gasteiger partial charge in [-0.25, -0.2) is 0 Å². The van der Waals surface area contributed by atoms with E-state index in [9.17, 15) is 0 Å². The summed E-state index contributed by atoms with van der Waals surface area (Å²) >= 11 is -1.27. The van der Waals surface area contributed by atoms with Crippen molar-refractivity contribution in [2.24, 2.45) is 0 Å². The second-order valence-corrected chi connectivity index (χ2v) is 16.0. The molecule has 6 aromatic rings. The standard InChI is InChI=1S/2C22H18N.Zr/c2*1-2-16-9-11-17(12-10-16)20-7-5-6-18-14-19(15-21(18)20)22-8-3-4-13-23-22;/h2*3-15H,2H2,1H3;. The van der Waals surface area contributed by atoms with Crippen LogP contribution < -0.4 is 0 Å². The molecule has 0 amide bonds. The Labute approximate surface area is 289 Å². The number of allylic oxidation sites excluding steroid dienone is 2. The van der Waals surface area contributed by atoms with Gasteiger partial charge in [0.05, 0.1) is 0 Å². The third kappa shape index (κ3) is 5.62. The first-order chi connectivity index (χ1) is 23.2. The molecule has 0 bridgehead atoms. The maximum atomic E-state index is 4.91. The number of rotatable bonds is 8. The Bertz CT molecular complexity index is 1960. The van der Waals surface area contributed by atoms with Gasteiger partial charge < -0.3 is 0 Å². The average molecular weight is 684 g/mol. The Hall–Kier alpha value is -4.46. The number of fused-ring (bicyclic) bond motifs is 2. The third-order valence-corrected chi connectivity index (χ3v) is 14.4. The van der Waals surface area contributed by atoms with Crippen LogP contribution in [-0.2, 0) is 36.1 Å². The molecule has 2 heterocycles. The van der Waals surface area contributed by atoms with Gasteiger partial charge in [0.2, 0.25) is 0 Å². The van der Waals surface area contributed by atoms with Crippen molar-refractivity contribution in [2.45, 2.75) is 33.9 Å². The SMILES string of the molecule is CCc1ccc(-c2cccc3c2C=C(c2ccccn2)[CH]3[Zr][CH]2C(c3ccccn3)=Cc3c(-c4ccc(CC)cc4)cccc32)cc1. The number of hydrogen-bond donors (Lipinski definition) is 0. The Kier molecular flexibility index (Phi) is 8.26. The predicted molar refractivity (Wildman–Crippen MR) is 192 cm³/mol. The van der Waals surface area contributed by atoms with Gasteiger partial charge in [-0.05, 0) is 0 Å². The molecule has 4 aromatic carbocycles. The normalized spacial score (nSPS) is 16.3. The van der Waals surface area contributed by atoms with Gasteiger partial charge in [0, 0.05) is 0 Å². The zero-order valence-corrected chi connectivity index (χ0v) is 29.3. The van der Waals surface area contributed by atoms with Gasteiger partial charge in [0.15, 0.2) is 0 Å². The molecule has 47 heavy (non-hydrogen) atoms. The first kappa shape index (κ1) is 29.9. The van der Waals surface area contributed by atoms with Crippen molar-refractivity contribution in [3.63, 3.8) is 0 Å². The van der Waals surface area contributed by atoms with Crippen molar-refractivity contribution in [1.29, 1.82) is 0 Å². The van der Waals surface area contributed by atoms with Crippen molar-refractivity contribution in [3.8, 4) is 22.3 Å². The van der Waals surface area contributed by atoms with Gasteiger partial charge in [-0.2, -0.15) is 0 Å². The molecular weight excluding hydrogens is 648 g/mol. The van der Waals surface area contributed by atoms with Crippen LogP contribution in [0.2, 0.25) is 0 Å². The molecule has 0 spiro atoms. The van der Waals surface area contributed by atoms with Crippen LogP contribution in [0.4, 0.5) is 0 Å². The van der Waals surface area contributed by atoms with E-state index in [1.807, 2.05) is 24.5 Å². The van der Waals surface area contributed by atoms with Crippen molar-refractivity contribution < 1.29 is 23.2 Å². The first-order valence-corrected chi connectivity index (χ1v) is 19.5. The summed E-state index contributed by atoms with van der Waals surface area (Å²) < 4.78 is 0.711. The molecule has 8 rings (SSSR count). The molecular formula is C44H36N2Zr. The van der Waals surface area contributed by atoms with E-state index in [0.29, 0.717) is 7.25 Å². The summed E-state index contributed by atoms with van der Waals surface area (Å²) in [6, 6.07) is 44.8. The molecule has 2 unspecified atom stereocenters. The minimum absolute atomic E-state index is 0.355. The maximum absolute atomic E-state index is 4.91. The number of nitrogens with zero attached hydrogens (tertiary/aromatic N) is 2. The monoisotopic (exact) mass is 682 g/mol. The van der Waals surface area contributed by atoms with Crippen molar-refractivity contribution >= 4 is 23.3 Å². The van der Waals surface area contributed by atoms with Crippen LogP contribution >= 0.6 is 0 Å². The molecule has 0 aliphatic heterocycles. The van der Waals surface area contributed by atoms with Gasteiger partial charge in [0.25, 0.3) is 0 Å². The van der Waals surface area contributed by atoms with Gasteiger partial charge in [-0.3, -0.25) is 0 Å². The molecule has 0 radical (unpaired) electrons. The molecule has 2 nitrogen and oxygen atoms in total. The first-order valence-electron chi connectivity index (χ1n) is 16.7. The van der Waals surface area contributed by atoms with E-state index in [1.54, 1.807) is 0 Å². The Balaban J connectivity index is 1.26. The third-order valence-electron chi connectivity index (χ3n) is 9.72. The minimum atomic E-state index is -1.27. The summed E-state index contributed by atoms with van der Waals surface area (Å²) in [5.41, 5.74) is 18.4. The summed E-state index contributed by atoms with van der Waals surface area (Å²) in [7, 11) is 0. The van der Waals surface area contributed by atoms with E-state index < -0.39 is 23.2 Å². The van der Waals surface area contributed by atoms with Crippen LogP contribution in [0, 0.1) is 0 Å². The molecule has 2 atom stereocenters. The van der Waals surface area contributed by atoms with E-state index in [0.717, 1.165) is 24.2 Å². The Morgan fingerprint density at radius 2 is 0.936 bits per heavy atom. The molecule has 2 aliphatic carbocycles. The fourth-order valence-corrected chi connectivity index (χ4v) is 12.1. The van der Waals surface area contributed by atoms with E-state index in [4.69, 9.17) is 9.97 Å². The Morgan fingerprint density at radius 3 is 1.32 bits per heavy atom. The quantitative estimate of drug-likeness (QED) is 0.160. The molecule has 0 N–H and O–H groups in total. The second kappa shape index (κ2) is 13.0. The number of aromatic nitrogens is 2. The van der Waals surface area contributed by atoms with E-state index in [2.05, 4.69) is 135 Å². The summed E-state index contributed by atoms with van der Waals surface area (Å²) in [4.78, 5) is 9.83. The fraction of sp³-hybridized carbons (Fsp3) is 0.136. The zero-order chi connectivity index (χ0) is 31.7. The van der Waals surface area contributed by atoms with Crippen molar-refractivity contribution in [3.05, 3.63) is 178 Å². The molecule has 0 fully saturated rings. The summed E-state index contributed by atoms with van der Waals surface area (Å²) in [5, 5.41) is 0. The topological polar surface area (TPSA) is 25.8 Å². The van der Waals surface area contributed by atoms with E-state index >= 15 is 0 Å². The zero-order valence-electron chi connectivity index (χ0n) is 26.8. The number of hydrogen-bond acceptors (Lipinski definition) is 2. The number of aryl methyl sites for hydroxylation is 2. The van der Waals surface area contributed by atoms with Crippen LogP contribution in [0.1, 0.15) is 65.9 Å². The van der Waals surface area contributed by atoms with E-state index in [1.165, 1.54) is 66.8 Å². The van der Waals surface area contributed by atoms with Gasteiger partial charge in [-0.15, -0.1) is 0 Å². The summed E-state index contributed by atoms with van der Waals surface area (Å²) in [5.74, 6) is 0. The Morgan fingerprint density at radius 1 is 0.489 bits per heavy atom. The predicted octanol–water partition coefficient (Wildman–Crippen LogP) is 10.9. The summed E-state index contributed by atoms with van der Waals surface area (Å²) in [6.07, 6.45) is 10.9. The second-order valence-electron chi connectivity index (χ2n) is 12.4. The number of benzene rings is 4. The molecule has 0 saturated carbocycles. The van der Waals surface area contributed by atoms with E-state index in [-0.39, 0.29) is 0 Å². The average Bonchev–Trinajstić information content (AvgIpc) is 3.71. The van der Waals surface area contributed by atoms with Crippen LogP contribution in [0.15, 0.2) is 134 Å². The van der Waals surface area contributed by atoms with Gasteiger partial charge in [0.1, 0.15) is 0 Å². The van der Waals surface area contributed by atoms with Gasteiger partial charge in [-0.1, -0.05) is 0 Å². The van der Waals surface area contributed by atoms with Crippen LogP contribution in [0.3, 0.4) is 0 Å². The molecule has 0 saturated heterocycles. The molecule has 226 valence electrons. The van der Waals surface area contributed by atoms with Crippen LogP contribution in [-0.4, -0.2) is 9.97 Å². The molecule has 2 aliphatic rings. The fourth-order valence-electron chi connectivity index (χ4n) is 7.18. The van der Waals surface area contributed by atoms with Crippen molar-refractivity contribution in [1.82, 2.24) is 9.97 Å². The summed E-state index contributed by atoms with van der Waals surface area (Å²) in [6.45, 7) is 4.43. The molecule has 2 aromatic heterocycles. The molecule has 3 heteroatoms. The van der Waals surface area contributed by atoms with Crippen molar-refractivity contribution in [2.75, 3.05) is 0 Å².